The number of para-hydroxylation sites is 1. The van der Waals surface area contributed by atoms with Crippen LogP contribution in [-0.4, -0.2) is 64.8 Å². The zero-order chi connectivity index (χ0) is 31.5. The molecule has 3 fully saturated rings. The number of nitrogens with zero attached hydrogens (tertiary/aromatic N) is 2. The second-order valence-corrected chi connectivity index (χ2v) is 12.2. The molecule has 8 nitrogen and oxygen atoms in total. The number of hydrogen-bond donors (Lipinski definition) is 1. The van der Waals surface area contributed by atoms with Gasteiger partial charge in [0.25, 0.3) is 5.91 Å². The molecule has 3 saturated heterocycles. The second kappa shape index (κ2) is 13.3. The number of esters is 1. The summed E-state index contributed by atoms with van der Waals surface area (Å²) in [6.45, 7) is 9.48. The Morgan fingerprint density at radius 3 is 2.52 bits per heavy atom. The van der Waals surface area contributed by atoms with Crippen molar-refractivity contribution in [2.24, 2.45) is 11.8 Å². The van der Waals surface area contributed by atoms with Crippen LogP contribution in [0.25, 0.3) is 0 Å². The molecule has 1 spiro atoms. The molecule has 2 amide bonds. The first-order chi connectivity index (χ1) is 21.3. The molecule has 0 aliphatic carbocycles. The van der Waals surface area contributed by atoms with Crippen LogP contribution in [0.4, 0.5) is 5.69 Å². The van der Waals surface area contributed by atoms with Crippen LogP contribution in [0.3, 0.4) is 0 Å². The Morgan fingerprint density at radius 1 is 1.14 bits per heavy atom. The van der Waals surface area contributed by atoms with Crippen LogP contribution in [0.2, 0.25) is 5.02 Å². The highest BCUT2D eigenvalue weighted by atomic mass is 35.5. The van der Waals surface area contributed by atoms with Gasteiger partial charge >= 0.3 is 5.97 Å². The molecule has 0 aromatic heterocycles. The normalized spacial score (nSPS) is 27.6. The molecule has 9 heteroatoms. The van der Waals surface area contributed by atoms with E-state index in [0.717, 1.165) is 12.8 Å². The minimum Gasteiger partial charge on any atom is -0.465 e. The van der Waals surface area contributed by atoms with Crippen molar-refractivity contribution in [2.75, 3.05) is 24.7 Å². The topological polar surface area (TPSA) is 96.4 Å². The number of fused-ring (bicyclic) bond motifs is 1. The van der Waals surface area contributed by atoms with Crippen molar-refractivity contribution < 1.29 is 29.0 Å². The zero-order valence-corrected chi connectivity index (χ0v) is 26.0. The number of amides is 2. The highest BCUT2D eigenvalue weighted by Gasteiger charge is 2.79. The number of likely N-dealkylation sites (tertiary alicyclic amines) is 1. The molecule has 3 heterocycles. The van der Waals surface area contributed by atoms with Gasteiger partial charge in [-0.2, -0.15) is 0 Å². The van der Waals surface area contributed by atoms with Gasteiger partial charge in [0.05, 0.1) is 41.5 Å². The molecule has 0 radical (unpaired) electrons. The van der Waals surface area contributed by atoms with E-state index in [2.05, 4.69) is 13.2 Å². The van der Waals surface area contributed by atoms with Gasteiger partial charge in [0.1, 0.15) is 17.6 Å². The molecule has 2 aromatic rings. The summed E-state index contributed by atoms with van der Waals surface area (Å²) in [4.78, 5) is 46.5. The summed E-state index contributed by atoms with van der Waals surface area (Å²) < 4.78 is 12.7. The van der Waals surface area contributed by atoms with Gasteiger partial charge in [-0.25, -0.2) is 0 Å². The Morgan fingerprint density at radius 2 is 1.86 bits per heavy atom. The lowest BCUT2D eigenvalue weighted by molar-refractivity contribution is -0.162. The Balaban J connectivity index is 1.61. The van der Waals surface area contributed by atoms with Gasteiger partial charge in [0.15, 0.2) is 0 Å². The van der Waals surface area contributed by atoms with Crippen molar-refractivity contribution in [2.45, 2.75) is 68.7 Å². The molecule has 0 saturated carbocycles. The van der Waals surface area contributed by atoms with Gasteiger partial charge in [-0.1, -0.05) is 73.1 Å². The first-order valence-electron chi connectivity index (χ1n) is 15.4. The van der Waals surface area contributed by atoms with Crippen molar-refractivity contribution in [1.82, 2.24) is 4.90 Å². The fourth-order valence-electron chi connectivity index (χ4n) is 7.57. The van der Waals surface area contributed by atoms with E-state index >= 15 is 0 Å². The van der Waals surface area contributed by atoms with Gasteiger partial charge in [0.2, 0.25) is 5.91 Å². The summed E-state index contributed by atoms with van der Waals surface area (Å²) in [5.74, 6) is -3.11. The Bertz CT molecular complexity index is 1400. The smallest absolute Gasteiger partial charge is 0.312 e. The van der Waals surface area contributed by atoms with Crippen molar-refractivity contribution >= 4 is 35.1 Å². The number of carbonyl (C=O) groups excluding carboxylic acids is 3. The van der Waals surface area contributed by atoms with Crippen molar-refractivity contribution in [3.63, 3.8) is 0 Å². The lowest BCUT2D eigenvalue weighted by atomic mass is 9.65. The van der Waals surface area contributed by atoms with Crippen molar-refractivity contribution in [1.29, 1.82) is 0 Å². The van der Waals surface area contributed by atoms with Gasteiger partial charge < -0.3 is 24.4 Å². The number of aliphatic hydroxyl groups is 1. The van der Waals surface area contributed by atoms with E-state index in [9.17, 15) is 19.5 Å². The largest absolute Gasteiger partial charge is 0.465 e. The van der Waals surface area contributed by atoms with Crippen LogP contribution < -0.4 is 4.90 Å². The van der Waals surface area contributed by atoms with E-state index in [1.807, 2.05) is 43.3 Å². The third-order valence-electron chi connectivity index (χ3n) is 9.57. The van der Waals surface area contributed by atoms with Gasteiger partial charge in [0, 0.05) is 6.54 Å². The number of anilines is 1. The van der Waals surface area contributed by atoms with E-state index in [0.29, 0.717) is 42.0 Å². The lowest BCUT2D eigenvalue weighted by Gasteiger charge is -2.39. The first-order valence-corrected chi connectivity index (χ1v) is 15.8. The summed E-state index contributed by atoms with van der Waals surface area (Å²) in [6.07, 6.45) is 7.16. The van der Waals surface area contributed by atoms with Crippen LogP contribution in [0, 0.1) is 11.8 Å². The second-order valence-electron chi connectivity index (χ2n) is 11.8. The third kappa shape index (κ3) is 5.27. The molecular weight excluding hydrogens is 580 g/mol. The summed E-state index contributed by atoms with van der Waals surface area (Å²) in [5.41, 5.74) is -1.08. The number of carbonyl (C=O) groups is 3. The van der Waals surface area contributed by atoms with Crippen LogP contribution in [-0.2, 0) is 23.9 Å². The van der Waals surface area contributed by atoms with Crippen LogP contribution in [0.5, 0.6) is 0 Å². The number of rotatable bonds is 14. The fourth-order valence-corrected chi connectivity index (χ4v) is 7.80. The predicted octanol–water partition coefficient (Wildman–Crippen LogP) is 5.65. The van der Waals surface area contributed by atoms with E-state index in [4.69, 9.17) is 21.1 Å². The molecule has 3 aliphatic rings. The van der Waals surface area contributed by atoms with Gasteiger partial charge in [-0.3, -0.25) is 14.4 Å². The molecule has 44 heavy (non-hydrogen) atoms. The van der Waals surface area contributed by atoms with Gasteiger partial charge in [-0.05, 0) is 56.2 Å². The fraction of sp³-hybridized carbons (Fsp3) is 0.457. The molecule has 2 unspecified atom stereocenters. The molecule has 3 aliphatic heterocycles. The minimum atomic E-state index is -1.29. The van der Waals surface area contributed by atoms with Crippen LogP contribution in [0.1, 0.15) is 57.1 Å². The number of unbranched alkanes of at least 4 members (excludes halogenated alkanes) is 2. The lowest BCUT2D eigenvalue weighted by Crippen LogP contribution is -2.57. The minimum absolute atomic E-state index is 0.131. The number of halogens is 1. The summed E-state index contributed by atoms with van der Waals surface area (Å²) in [5, 5.41) is 11.1. The highest BCUT2D eigenvalue weighted by molar-refractivity contribution is 6.34. The van der Waals surface area contributed by atoms with Crippen LogP contribution >= 0.6 is 11.6 Å². The standard InChI is InChI=1S/C35H41ClN2O6/c1-4-7-8-14-22-43-33(42)29-28-31(40)38(27(23-39)24-15-10-9-11-16-24)30(35(28)20-19-34(29,6-3)44-35)32(41)37(21-5-2)26-18-13-12-17-25(26)36/h4-5,9-13,15-18,27-30,39H,1-2,6-8,14,19-23H2,3H3/t27-,28+,29+,30?,34-,35?/m1/s1. The van der Waals surface area contributed by atoms with Crippen molar-refractivity contribution in [3.05, 3.63) is 90.5 Å². The summed E-state index contributed by atoms with van der Waals surface area (Å²) in [7, 11) is 0. The Kier molecular flexibility index (Phi) is 9.63. The molecule has 2 aromatic carbocycles. The van der Waals surface area contributed by atoms with E-state index in [1.165, 1.54) is 9.80 Å². The average Bonchev–Trinajstić information content (AvgIpc) is 3.64. The maximum atomic E-state index is 14.9. The maximum absolute atomic E-state index is 14.9. The number of aliphatic hydroxyl groups excluding tert-OH is 1. The molecule has 2 bridgehead atoms. The Hall–Kier alpha value is -3.46. The van der Waals surface area contributed by atoms with Gasteiger partial charge in [-0.15, -0.1) is 13.2 Å². The third-order valence-corrected chi connectivity index (χ3v) is 9.89. The van der Waals surface area contributed by atoms with Crippen LogP contribution in [0.15, 0.2) is 79.9 Å². The quantitative estimate of drug-likeness (QED) is 0.167. The molecule has 6 atom stereocenters. The molecule has 5 rings (SSSR count). The number of allylic oxidation sites excluding steroid dienone is 1. The predicted molar refractivity (Wildman–Crippen MR) is 169 cm³/mol. The molecule has 1 N–H and O–H groups in total. The maximum Gasteiger partial charge on any atom is 0.312 e. The highest BCUT2D eigenvalue weighted by Crippen LogP contribution is 2.65. The molecular formula is C35H41ClN2O6. The number of hydrogen-bond acceptors (Lipinski definition) is 6. The van der Waals surface area contributed by atoms with Crippen molar-refractivity contribution in [3.8, 4) is 0 Å². The first kappa shape index (κ1) is 31.9. The zero-order valence-electron chi connectivity index (χ0n) is 25.2. The molecule has 234 valence electrons. The average molecular weight is 621 g/mol. The summed E-state index contributed by atoms with van der Waals surface area (Å²) in [6, 6.07) is 14.2. The van der Waals surface area contributed by atoms with E-state index in [-0.39, 0.29) is 13.2 Å². The Labute approximate surface area is 264 Å². The summed E-state index contributed by atoms with van der Waals surface area (Å²) >= 11 is 6.59. The van der Waals surface area contributed by atoms with E-state index in [1.54, 1.807) is 30.3 Å². The van der Waals surface area contributed by atoms with E-state index < -0.39 is 59.5 Å². The monoisotopic (exact) mass is 620 g/mol. The number of benzene rings is 2. The SMILES string of the molecule is C=CCCCCOC(=O)[C@@H]1[C@H]2C(=O)N([C@H](CO)c3ccccc3)C(C(=O)N(CC=C)c3ccccc3Cl)C23CC[C@@]1(CC)O3. The number of ether oxygens (including phenoxy) is 2.